The molecule has 3 rings (SSSR count). The van der Waals surface area contributed by atoms with Crippen molar-refractivity contribution in [2.24, 2.45) is 0 Å². The predicted molar refractivity (Wildman–Crippen MR) is 94.4 cm³/mol. The summed E-state index contributed by atoms with van der Waals surface area (Å²) in [6.45, 7) is 5.06. The molecular weight excluding hydrogens is 324 g/mol. The lowest BCUT2D eigenvalue weighted by Gasteiger charge is -2.30. The van der Waals surface area contributed by atoms with Crippen molar-refractivity contribution in [2.45, 2.75) is 19.3 Å². The number of nitrogens with zero attached hydrogens (tertiary/aromatic N) is 3. The predicted octanol–water partition coefficient (Wildman–Crippen LogP) is 2.16. The van der Waals surface area contributed by atoms with E-state index in [9.17, 15) is 4.79 Å². The van der Waals surface area contributed by atoms with Crippen molar-refractivity contribution in [1.82, 2.24) is 14.3 Å². The first-order valence-electron chi connectivity index (χ1n) is 8.26. The summed E-state index contributed by atoms with van der Waals surface area (Å²) in [5, 5.41) is 4.05. The van der Waals surface area contributed by atoms with Crippen LogP contribution < -0.4 is 5.32 Å². The fourth-order valence-electron chi connectivity index (χ4n) is 2.70. The molecule has 6 nitrogen and oxygen atoms in total. The summed E-state index contributed by atoms with van der Waals surface area (Å²) in [5.41, 5.74) is 1.02. The van der Waals surface area contributed by atoms with Crippen molar-refractivity contribution in [3.63, 3.8) is 0 Å². The second-order valence-corrected chi connectivity index (χ2v) is 6.40. The fourth-order valence-corrected chi connectivity index (χ4v) is 3.35. The Labute approximate surface area is 146 Å². The zero-order chi connectivity index (χ0) is 16.8. The van der Waals surface area contributed by atoms with E-state index in [-0.39, 0.29) is 11.8 Å². The summed E-state index contributed by atoms with van der Waals surface area (Å²) >= 11 is 1.34. The number of amides is 1. The molecule has 1 aliphatic heterocycles. The molecule has 1 atom stereocenters. The van der Waals surface area contributed by atoms with Gasteiger partial charge in [0, 0.05) is 37.6 Å². The van der Waals surface area contributed by atoms with Gasteiger partial charge in [0.1, 0.15) is 5.82 Å². The topological polar surface area (TPSA) is 67.4 Å². The SMILES string of the molecule is CCc1nsc(NC[C@H](C(=O)N2CCOCC2)c2ccccc2)n1. The number of benzene rings is 1. The molecule has 1 aromatic heterocycles. The summed E-state index contributed by atoms with van der Waals surface area (Å²) in [6, 6.07) is 9.90. The van der Waals surface area contributed by atoms with Gasteiger partial charge in [0.05, 0.1) is 19.1 Å². The molecule has 1 amide bonds. The third kappa shape index (κ3) is 4.10. The van der Waals surface area contributed by atoms with E-state index in [1.165, 1.54) is 11.5 Å². The number of anilines is 1. The van der Waals surface area contributed by atoms with Crippen LogP contribution in [0.1, 0.15) is 24.2 Å². The van der Waals surface area contributed by atoms with Crippen LogP contribution in [0, 0.1) is 0 Å². The molecule has 0 radical (unpaired) electrons. The Morgan fingerprint density at radius 2 is 2.08 bits per heavy atom. The minimum absolute atomic E-state index is 0.136. The summed E-state index contributed by atoms with van der Waals surface area (Å²) in [4.78, 5) is 19.3. The maximum atomic E-state index is 13.0. The zero-order valence-electron chi connectivity index (χ0n) is 13.8. The van der Waals surface area contributed by atoms with Gasteiger partial charge in [-0.05, 0) is 5.56 Å². The molecule has 1 saturated heterocycles. The molecule has 1 N–H and O–H groups in total. The second kappa shape index (κ2) is 8.21. The maximum Gasteiger partial charge on any atom is 0.232 e. The van der Waals surface area contributed by atoms with Crippen LogP contribution in [0.2, 0.25) is 0 Å². The Morgan fingerprint density at radius 3 is 2.75 bits per heavy atom. The van der Waals surface area contributed by atoms with Gasteiger partial charge in [-0.2, -0.15) is 4.37 Å². The van der Waals surface area contributed by atoms with Crippen molar-refractivity contribution in [3.05, 3.63) is 41.7 Å². The number of aromatic nitrogens is 2. The average Bonchev–Trinajstić information content (AvgIpc) is 3.11. The first kappa shape index (κ1) is 16.9. The highest BCUT2D eigenvalue weighted by molar-refractivity contribution is 7.09. The Hall–Kier alpha value is -1.99. The van der Waals surface area contributed by atoms with Crippen LogP contribution in [0.25, 0.3) is 0 Å². The highest BCUT2D eigenvalue weighted by Crippen LogP contribution is 2.21. The maximum absolute atomic E-state index is 13.0. The number of nitrogens with one attached hydrogen (secondary N) is 1. The molecule has 24 heavy (non-hydrogen) atoms. The third-order valence-electron chi connectivity index (χ3n) is 4.06. The van der Waals surface area contributed by atoms with Crippen LogP contribution in [-0.4, -0.2) is 53.0 Å². The number of hydrogen-bond donors (Lipinski definition) is 1. The number of rotatable bonds is 6. The second-order valence-electron chi connectivity index (χ2n) is 5.65. The van der Waals surface area contributed by atoms with E-state index >= 15 is 0 Å². The zero-order valence-corrected chi connectivity index (χ0v) is 14.6. The lowest BCUT2D eigenvalue weighted by molar-refractivity contribution is -0.136. The Bertz CT molecular complexity index is 656. The van der Waals surface area contributed by atoms with E-state index in [0.29, 0.717) is 32.8 Å². The lowest BCUT2D eigenvalue weighted by atomic mass is 9.97. The van der Waals surface area contributed by atoms with E-state index in [2.05, 4.69) is 14.7 Å². The van der Waals surface area contributed by atoms with E-state index in [0.717, 1.165) is 22.9 Å². The quantitative estimate of drug-likeness (QED) is 0.868. The van der Waals surface area contributed by atoms with Gasteiger partial charge < -0.3 is 15.0 Å². The van der Waals surface area contributed by atoms with Crippen LogP contribution in [0.4, 0.5) is 5.13 Å². The first-order valence-corrected chi connectivity index (χ1v) is 9.03. The molecule has 2 aromatic rings. The molecule has 7 heteroatoms. The normalized spacial score (nSPS) is 16.0. The average molecular weight is 346 g/mol. The van der Waals surface area contributed by atoms with E-state index in [4.69, 9.17) is 4.74 Å². The highest BCUT2D eigenvalue weighted by atomic mass is 32.1. The van der Waals surface area contributed by atoms with Crippen molar-refractivity contribution in [3.8, 4) is 0 Å². The van der Waals surface area contributed by atoms with Crippen molar-refractivity contribution >= 4 is 22.6 Å². The summed E-state index contributed by atoms with van der Waals surface area (Å²) in [5.74, 6) is 0.730. The van der Waals surface area contributed by atoms with Gasteiger partial charge in [0.25, 0.3) is 0 Å². The molecule has 128 valence electrons. The highest BCUT2D eigenvalue weighted by Gasteiger charge is 2.27. The largest absolute Gasteiger partial charge is 0.378 e. The van der Waals surface area contributed by atoms with E-state index in [1.807, 2.05) is 42.2 Å². The minimum atomic E-state index is -0.238. The molecule has 1 aromatic carbocycles. The molecular formula is C17H22N4O2S. The number of carbonyl (C=O) groups is 1. The Morgan fingerprint density at radius 1 is 1.33 bits per heavy atom. The van der Waals surface area contributed by atoms with Crippen LogP contribution in [0.5, 0.6) is 0 Å². The van der Waals surface area contributed by atoms with Gasteiger partial charge in [-0.1, -0.05) is 37.3 Å². The Balaban J connectivity index is 1.73. The van der Waals surface area contributed by atoms with Crippen molar-refractivity contribution < 1.29 is 9.53 Å². The van der Waals surface area contributed by atoms with Crippen molar-refractivity contribution in [2.75, 3.05) is 38.2 Å². The first-order chi connectivity index (χ1) is 11.8. The molecule has 2 heterocycles. The summed E-state index contributed by atoms with van der Waals surface area (Å²) < 4.78 is 9.63. The third-order valence-corrected chi connectivity index (χ3v) is 4.78. The molecule has 0 bridgehead atoms. The smallest absolute Gasteiger partial charge is 0.232 e. The number of hydrogen-bond acceptors (Lipinski definition) is 6. The number of carbonyl (C=O) groups excluding carboxylic acids is 1. The molecule has 0 unspecified atom stereocenters. The monoisotopic (exact) mass is 346 g/mol. The van der Waals surface area contributed by atoms with E-state index in [1.54, 1.807) is 0 Å². The van der Waals surface area contributed by atoms with E-state index < -0.39 is 0 Å². The lowest BCUT2D eigenvalue weighted by Crippen LogP contribution is -2.44. The van der Waals surface area contributed by atoms with Crippen molar-refractivity contribution in [1.29, 1.82) is 0 Å². The fraction of sp³-hybridized carbons (Fsp3) is 0.471. The van der Waals surface area contributed by atoms with Crippen LogP contribution >= 0.6 is 11.5 Å². The summed E-state index contributed by atoms with van der Waals surface area (Å²) in [7, 11) is 0. The number of aryl methyl sites for hydroxylation is 1. The molecule has 1 aliphatic rings. The molecule has 0 spiro atoms. The number of ether oxygens (including phenoxy) is 1. The van der Waals surface area contributed by atoms with Crippen LogP contribution in [-0.2, 0) is 16.0 Å². The van der Waals surface area contributed by atoms with Gasteiger partial charge in [-0.25, -0.2) is 4.98 Å². The molecule has 0 aliphatic carbocycles. The number of morpholine rings is 1. The van der Waals surface area contributed by atoms with Gasteiger partial charge >= 0.3 is 0 Å². The Kier molecular flexibility index (Phi) is 5.77. The molecule has 1 fully saturated rings. The van der Waals surface area contributed by atoms with Gasteiger partial charge in [-0.15, -0.1) is 0 Å². The minimum Gasteiger partial charge on any atom is -0.378 e. The summed E-state index contributed by atoms with van der Waals surface area (Å²) in [6.07, 6.45) is 0.813. The standard InChI is InChI=1S/C17H22N4O2S/c1-2-15-19-17(24-20-15)18-12-14(13-6-4-3-5-7-13)16(22)21-8-10-23-11-9-21/h3-7,14H,2,8-12H2,1H3,(H,18,19,20)/t14-/m0/s1. The van der Waals surface area contributed by atoms with Gasteiger partial charge in [0.15, 0.2) is 0 Å². The molecule has 0 saturated carbocycles. The van der Waals surface area contributed by atoms with Crippen LogP contribution in [0.15, 0.2) is 30.3 Å². The van der Waals surface area contributed by atoms with Gasteiger partial charge in [-0.3, -0.25) is 4.79 Å². The van der Waals surface area contributed by atoms with Crippen LogP contribution in [0.3, 0.4) is 0 Å². The van der Waals surface area contributed by atoms with Gasteiger partial charge in [0.2, 0.25) is 11.0 Å².